The second kappa shape index (κ2) is 6.10. The Labute approximate surface area is 106 Å². The van der Waals surface area contributed by atoms with Gasteiger partial charge in [-0.05, 0) is 12.1 Å². The highest BCUT2D eigenvalue weighted by Crippen LogP contribution is 2.18. The van der Waals surface area contributed by atoms with Gasteiger partial charge in [-0.15, -0.1) is 0 Å². The topological polar surface area (TPSA) is 118 Å². The molecule has 19 heavy (non-hydrogen) atoms. The maximum atomic E-state index is 10.8. The highest BCUT2D eigenvalue weighted by molar-refractivity contribution is 6.14. The smallest absolute Gasteiger partial charge is 0.346 e. The number of carbonyl (C=O) groups excluding carboxylic acids is 2. The average molecular weight is 264 g/mol. The van der Waals surface area contributed by atoms with Gasteiger partial charge in [-0.2, -0.15) is 0 Å². The molecule has 1 aliphatic heterocycles. The Bertz CT molecular complexity index is 522. The van der Waals surface area contributed by atoms with Crippen LogP contribution in [-0.2, 0) is 14.3 Å². The number of carboxylic acid groups (broad SMARTS) is 2. The van der Waals surface area contributed by atoms with Crippen LogP contribution in [0.5, 0.6) is 0 Å². The monoisotopic (exact) mass is 264 g/mol. The number of fused-ring (bicyclic) bond motifs is 1. The van der Waals surface area contributed by atoms with Crippen LogP contribution in [0.2, 0.25) is 0 Å². The largest absolute Gasteiger partial charge is 0.478 e. The maximum Gasteiger partial charge on any atom is 0.346 e. The third-order valence-electron chi connectivity index (χ3n) is 1.92. The molecule has 7 heteroatoms. The molecule has 2 rings (SSSR count). The minimum absolute atomic E-state index is 0.359. The van der Waals surface area contributed by atoms with Crippen molar-refractivity contribution in [2.45, 2.75) is 0 Å². The summed E-state index contributed by atoms with van der Waals surface area (Å²) in [4.78, 5) is 40.8. The van der Waals surface area contributed by atoms with Gasteiger partial charge in [0.2, 0.25) is 0 Å². The lowest BCUT2D eigenvalue weighted by Gasteiger charge is -1.86. The molecule has 1 heterocycles. The fraction of sp³-hybridized carbons (Fsp3) is 0. The molecule has 0 fully saturated rings. The highest BCUT2D eigenvalue weighted by atomic mass is 16.6. The molecule has 0 aliphatic carbocycles. The van der Waals surface area contributed by atoms with E-state index in [1.165, 1.54) is 0 Å². The first kappa shape index (κ1) is 14.1. The number of carboxylic acids is 2. The van der Waals surface area contributed by atoms with Crippen LogP contribution >= 0.6 is 0 Å². The number of hydrogen-bond donors (Lipinski definition) is 2. The van der Waals surface area contributed by atoms with Gasteiger partial charge in [-0.1, -0.05) is 12.1 Å². The number of aliphatic carboxylic acids is 2. The van der Waals surface area contributed by atoms with Gasteiger partial charge < -0.3 is 14.9 Å². The lowest BCUT2D eigenvalue weighted by atomic mass is 10.1. The lowest BCUT2D eigenvalue weighted by molar-refractivity contribution is -0.134. The van der Waals surface area contributed by atoms with Gasteiger partial charge in [-0.3, -0.25) is 0 Å². The fourth-order valence-corrected chi connectivity index (χ4v) is 1.18. The summed E-state index contributed by atoms with van der Waals surface area (Å²) in [6.45, 7) is 0. The summed E-state index contributed by atoms with van der Waals surface area (Å²) >= 11 is 0. The SMILES string of the molecule is O=C(O)C=CC(=O)O.O=C1OC(=O)c2ccccc21. The van der Waals surface area contributed by atoms with Crippen molar-refractivity contribution in [2.24, 2.45) is 0 Å². The van der Waals surface area contributed by atoms with Gasteiger partial charge in [0.25, 0.3) is 0 Å². The van der Waals surface area contributed by atoms with E-state index in [0.717, 1.165) is 0 Å². The molecule has 0 unspecified atom stereocenters. The number of rotatable bonds is 2. The van der Waals surface area contributed by atoms with Gasteiger partial charge in [0.15, 0.2) is 0 Å². The van der Waals surface area contributed by atoms with Crippen molar-refractivity contribution in [3.8, 4) is 0 Å². The summed E-state index contributed by atoms with van der Waals surface area (Å²) in [7, 11) is 0. The van der Waals surface area contributed by atoms with Gasteiger partial charge in [-0.25, -0.2) is 19.2 Å². The van der Waals surface area contributed by atoms with E-state index in [0.29, 0.717) is 23.3 Å². The standard InChI is InChI=1S/C8H4O3.C4H4O4/c9-7-5-3-1-2-4-6(5)8(10)11-7;5-3(6)1-2-4(7)8/h1-4H;1-2H,(H,5,6)(H,7,8). The van der Waals surface area contributed by atoms with Gasteiger partial charge >= 0.3 is 23.9 Å². The first-order valence-corrected chi connectivity index (χ1v) is 4.91. The van der Waals surface area contributed by atoms with E-state index in [2.05, 4.69) is 4.74 Å². The molecule has 98 valence electrons. The molecule has 1 aromatic rings. The van der Waals surface area contributed by atoms with E-state index in [-0.39, 0.29) is 0 Å². The van der Waals surface area contributed by atoms with Gasteiger partial charge in [0, 0.05) is 12.2 Å². The average Bonchev–Trinajstić information content (AvgIpc) is 2.64. The minimum atomic E-state index is -1.26. The Morgan fingerprint density at radius 1 is 0.895 bits per heavy atom. The van der Waals surface area contributed by atoms with Crippen LogP contribution in [-0.4, -0.2) is 34.1 Å². The summed E-state index contributed by atoms with van der Waals surface area (Å²) in [6.07, 6.45) is 1.12. The second-order valence-corrected chi connectivity index (χ2v) is 3.23. The van der Waals surface area contributed by atoms with Crippen LogP contribution in [0.15, 0.2) is 36.4 Å². The predicted octanol–water partition coefficient (Wildman–Crippen LogP) is 0.709. The molecule has 0 saturated heterocycles. The van der Waals surface area contributed by atoms with Crippen molar-refractivity contribution in [3.05, 3.63) is 47.5 Å². The number of ether oxygens (including phenoxy) is 1. The fourth-order valence-electron chi connectivity index (χ4n) is 1.18. The van der Waals surface area contributed by atoms with Crippen molar-refractivity contribution >= 4 is 23.9 Å². The van der Waals surface area contributed by atoms with Gasteiger partial charge in [0.05, 0.1) is 11.1 Å². The Hall–Kier alpha value is -2.96. The Morgan fingerprint density at radius 2 is 1.26 bits per heavy atom. The Morgan fingerprint density at radius 3 is 1.58 bits per heavy atom. The second-order valence-electron chi connectivity index (χ2n) is 3.23. The van der Waals surface area contributed by atoms with Crippen LogP contribution in [0.4, 0.5) is 0 Å². The Balaban J connectivity index is 0.000000203. The van der Waals surface area contributed by atoms with E-state index in [4.69, 9.17) is 10.2 Å². The van der Waals surface area contributed by atoms with E-state index in [1.807, 2.05) is 0 Å². The normalized spacial score (nSPS) is 12.4. The quantitative estimate of drug-likeness (QED) is 0.458. The van der Waals surface area contributed by atoms with Crippen LogP contribution in [0.3, 0.4) is 0 Å². The van der Waals surface area contributed by atoms with Crippen LogP contribution in [0.1, 0.15) is 20.7 Å². The molecule has 1 aliphatic rings. The molecular weight excluding hydrogens is 256 g/mol. The van der Waals surface area contributed by atoms with Crippen LogP contribution in [0.25, 0.3) is 0 Å². The van der Waals surface area contributed by atoms with Crippen LogP contribution in [0, 0.1) is 0 Å². The first-order chi connectivity index (χ1) is 8.91. The lowest BCUT2D eigenvalue weighted by Crippen LogP contribution is -1.96. The van der Waals surface area contributed by atoms with Crippen molar-refractivity contribution in [1.82, 2.24) is 0 Å². The molecule has 0 amide bonds. The summed E-state index contributed by atoms with van der Waals surface area (Å²) in [5, 5.41) is 15.6. The van der Waals surface area contributed by atoms with E-state index >= 15 is 0 Å². The molecule has 1 aromatic carbocycles. The van der Waals surface area contributed by atoms with Crippen molar-refractivity contribution in [2.75, 3.05) is 0 Å². The Kier molecular flexibility index (Phi) is 4.53. The molecule has 0 atom stereocenters. The summed E-state index contributed by atoms with van der Waals surface area (Å²) in [5.41, 5.74) is 0.718. The van der Waals surface area contributed by atoms with Crippen LogP contribution < -0.4 is 0 Å². The zero-order valence-electron chi connectivity index (χ0n) is 9.40. The predicted molar refractivity (Wildman–Crippen MR) is 60.6 cm³/mol. The zero-order chi connectivity index (χ0) is 14.4. The first-order valence-electron chi connectivity index (χ1n) is 4.91. The number of benzene rings is 1. The van der Waals surface area contributed by atoms with E-state index < -0.39 is 23.9 Å². The highest BCUT2D eigenvalue weighted by Gasteiger charge is 2.28. The summed E-state index contributed by atoms with van der Waals surface area (Å²) in [6, 6.07) is 6.53. The number of cyclic esters (lactones) is 2. The molecule has 0 spiro atoms. The molecule has 0 saturated carbocycles. The molecule has 0 aromatic heterocycles. The van der Waals surface area contributed by atoms with Crippen molar-refractivity contribution in [3.63, 3.8) is 0 Å². The van der Waals surface area contributed by atoms with E-state index in [9.17, 15) is 19.2 Å². The number of esters is 2. The number of hydrogen-bond acceptors (Lipinski definition) is 5. The summed E-state index contributed by atoms with van der Waals surface area (Å²) in [5.74, 6) is -3.61. The maximum absolute atomic E-state index is 10.8. The molecule has 2 N–H and O–H groups in total. The minimum Gasteiger partial charge on any atom is -0.478 e. The molecular formula is C12H8O7. The summed E-state index contributed by atoms with van der Waals surface area (Å²) < 4.78 is 4.35. The molecule has 0 bridgehead atoms. The van der Waals surface area contributed by atoms with Crippen molar-refractivity contribution in [1.29, 1.82) is 0 Å². The third-order valence-corrected chi connectivity index (χ3v) is 1.92. The third kappa shape index (κ3) is 4.08. The van der Waals surface area contributed by atoms with Gasteiger partial charge in [0.1, 0.15) is 0 Å². The van der Waals surface area contributed by atoms with E-state index in [1.54, 1.807) is 24.3 Å². The molecule has 7 nitrogen and oxygen atoms in total. The zero-order valence-corrected chi connectivity index (χ0v) is 9.40. The number of carbonyl (C=O) groups is 4. The molecule has 0 radical (unpaired) electrons. The van der Waals surface area contributed by atoms with Crippen molar-refractivity contribution < 1.29 is 34.1 Å².